The highest BCUT2D eigenvalue weighted by atomic mass is 79.9. The summed E-state index contributed by atoms with van der Waals surface area (Å²) in [5, 5.41) is 16.0. The molecule has 2 N–H and O–H groups in total. The normalized spacial score (nSPS) is 13.6. The van der Waals surface area contributed by atoms with Crippen molar-refractivity contribution < 1.29 is 9.90 Å². The van der Waals surface area contributed by atoms with E-state index in [1.807, 2.05) is 36.6 Å². The Hall–Kier alpha value is -0.880. The molecule has 118 valence electrons. The molecule has 6 heteroatoms. The third-order valence-electron chi connectivity index (χ3n) is 3.36. The van der Waals surface area contributed by atoms with Gasteiger partial charge in [-0.2, -0.15) is 0 Å². The lowest BCUT2D eigenvalue weighted by Gasteiger charge is -2.30. The fourth-order valence-electron chi connectivity index (χ4n) is 2.42. The molecule has 22 heavy (non-hydrogen) atoms. The van der Waals surface area contributed by atoms with Gasteiger partial charge in [-0.1, -0.05) is 35.3 Å². The fraction of sp³-hybridized carbons (Fsp3) is 0.312. The Morgan fingerprint density at radius 2 is 2.23 bits per heavy atom. The van der Waals surface area contributed by atoms with Crippen LogP contribution in [-0.4, -0.2) is 16.9 Å². The van der Waals surface area contributed by atoms with Gasteiger partial charge in [0.15, 0.2) is 0 Å². The number of carbonyl (C=O) groups excluding carboxylic acids is 1. The summed E-state index contributed by atoms with van der Waals surface area (Å²) in [6.07, 6.45) is 1.37. The number of halogens is 2. The lowest BCUT2D eigenvalue weighted by atomic mass is 9.86. The van der Waals surface area contributed by atoms with Crippen molar-refractivity contribution in [1.82, 2.24) is 0 Å². The molecule has 0 aliphatic carbocycles. The average molecular weight is 403 g/mol. The highest BCUT2D eigenvalue weighted by Gasteiger charge is 2.34. The monoisotopic (exact) mass is 401 g/mol. The smallest absolute Gasteiger partial charge is 0.239 e. The molecule has 3 nitrogen and oxygen atoms in total. The van der Waals surface area contributed by atoms with Crippen molar-refractivity contribution in [3.8, 4) is 0 Å². The number of anilines is 1. The molecule has 1 unspecified atom stereocenters. The van der Waals surface area contributed by atoms with Crippen molar-refractivity contribution in [1.29, 1.82) is 0 Å². The first-order valence-corrected chi connectivity index (χ1v) is 9.14. The van der Waals surface area contributed by atoms with Gasteiger partial charge in [0.1, 0.15) is 11.5 Å². The lowest BCUT2D eigenvalue weighted by molar-refractivity contribution is -0.113. The van der Waals surface area contributed by atoms with E-state index in [2.05, 4.69) is 21.2 Å². The predicted octanol–water partition coefficient (Wildman–Crippen LogP) is 4.72. The van der Waals surface area contributed by atoms with E-state index >= 15 is 0 Å². The van der Waals surface area contributed by atoms with Crippen molar-refractivity contribution in [3.63, 3.8) is 0 Å². The first-order chi connectivity index (χ1) is 10.5. The first kappa shape index (κ1) is 17.5. The van der Waals surface area contributed by atoms with E-state index in [9.17, 15) is 9.90 Å². The van der Waals surface area contributed by atoms with Crippen molar-refractivity contribution in [2.75, 3.05) is 11.2 Å². The van der Waals surface area contributed by atoms with Gasteiger partial charge in [0, 0.05) is 20.6 Å². The van der Waals surface area contributed by atoms with Crippen LogP contribution < -0.4 is 5.32 Å². The molecule has 0 saturated carbocycles. The molecule has 1 heterocycles. The van der Waals surface area contributed by atoms with Crippen LogP contribution >= 0.6 is 38.9 Å². The number of rotatable bonds is 6. The largest absolute Gasteiger partial charge is 0.379 e. The SMILES string of the molecule is CCCC(O)(c1cccs1)c1cc(Br)ccc1NC(=O)CCl. The summed E-state index contributed by atoms with van der Waals surface area (Å²) in [5.74, 6) is -0.420. The van der Waals surface area contributed by atoms with Gasteiger partial charge < -0.3 is 10.4 Å². The molecule has 0 bridgehead atoms. The number of amides is 1. The van der Waals surface area contributed by atoms with Crippen molar-refractivity contribution in [2.45, 2.75) is 25.4 Å². The van der Waals surface area contributed by atoms with Crippen LogP contribution in [0.1, 0.15) is 30.2 Å². The number of nitrogens with one attached hydrogen (secondary N) is 1. The predicted molar refractivity (Wildman–Crippen MR) is 95.7 cm³/mol. The van der Waals surface area contributed by atoms with Gasteiger partial charge in [0.2, 0.25) is 5.91 Å². The van der Waals surface area contributed by atoms with Gasteiger partial charge in [-0.05, 0) is 36.1 Å². The Morgan fingerprint density at radius 3 is 2.82 bits per heavy atom. The molecular formula is C16H17BrClNO2S. The Morgan fingerprint density at radius 1 is 1.45 bits per heavy atom. The van der Waals surface area contributed by atoms with Crippen LogP contribution in [0.3, 0.4) is 0 Å². The minimum absolute atomic E-state index is 0.124. The number of benzene rings is 1. The third-order valence-corrected chi connectivity index (χ3v) is 5.12. The van der Waals surface area contributed by atoms with Crippen LogP contribution in [0.4, 0.5) is 5.69 Å². The maximum atomic E-state index is 11.7. The first-order valence-electron chi connectivity index (χ1n) is 6.93. The molecule has 2 aromatic rings. The van der Waals surface area contributed by atoms with Crippen LogP contribution in [0, 0.1) is 0 Å². The Labute approximate surface area is 147 Å². The molecule has 1 amide bonds. The van der Waals surface area contributed by atoms with Gasteiger partial charge in [-0.25, -0.2) is 0 Å². The van der Waals surface area contributed by atoms with Gasteiger partial charge >= 0.3 is 0 Å². The number of carbonyl (C=O) groups is 1. The summed E-state index contributed by atoms with van der Waals surface area (Å²) in [6, 6.07) is 9.27. The number of aliphatic hydroxyl groups is 1. The quantitative estimate of drug-likeness (QED) is 0.687. The van der Waals surface area contributed by atoms with E-state index in [4.69, 9.17) is 11.6 Å². The minimum atomic E-state index is -1.14. The summed E-state index contributed by atoms with van der Waals surface area (Å²) < 4.78 is 0.845. The van der Waals surface area contributed by atoms with E-state index in [-0.39, 0.29) is 11.8 Å². The summed E-state index contributed by atoms with van der Waals surface area (Å²) in [6.45, 7) is 2.02. The Bertz CT molecular complexity index is 648. The summed E-state index contributed by atoms with van der Waals surface area (Å²) in [7, 11) is 0. The van der Waals surface area contributed by atoms with Crippen molar-refractivity contribution in [2.24, 2.45) is 0 Å². The van der Waals surface area contributed by atoms with Crippen LogP contribution in [0.25, 0.3) is 0 Å². The number of thiophene rings is 1. The summed E-state index contributed by atoms with van der Waals surface area (Å²) in [4.78, 5) is 12.5. The van der Waals surface area contributed by atoms with Crippen molar-refractivity contribution in [3.05, 3.63) is 50.6 Å². The highest BCUT2D eigenvalue weighted by Crippen LogP contribution is 2.41. The van der Waals surface area contributed by atoms with E-state index in [1.165, 1.54) is 11.3 Å². The van der Waals surface area contributed by atoms with E-state index in [0.29, 0.717) is 17.7 Å². The second kappa shape index (κ2) is 7.59. The molecule has 0 radical (unpaired) electrons. The van der Waals surface area contributed by atoms with Crippen molar-refractivity contribution >= 4 is 50.5 Å². The third kappa shape index (κ3) is 3.71. The highest BCUT2D eigenvalue weighted by molar-refractivity contribution is 9.10. The second-order valence-corrected chi connectivity index (χ2v) is 7.09. The van der Waals surface area contributed by atoms with E-state index in [1.54, 1.807) is 6.07 Å². The molecule has 1 aromatic heterocycles. The Kier molecular flexibility index (Phi) is 6.03. The molecule has 0 spiro atoms. The van der Waals surface area contributed by atoms with Crippen LogP contribution in [0.5, 0.6) is 0 Å². The maximum Gasteiger partial charge on any atom is 0.239 e. The maximum absolute atomic E-state index is 11.7. The zero-order valence-corrected chi connectivity index (χ0v) is 15.3. The number of hydrogen-bond acceptors (Lipinski definition) is 3. The molecule has 0 aliphatic rings. The fourth-order valence-corrected chi connectivity index (χ4v) is 3.71. The molecular weight excluding hydrogens is 386 g/mol. The molecule has 1 atom stereocenters. The molecule has 2 rings (SSSR count). The molecule has 1 aromatic carbocycles. The second-order valence-electron chi connectivity index (χ2n) is 4.96. The van der Waals surface area contributed by atoms with E-state index < -0.39 is 5.60 Å². The van der Waals surface area contributed by atoms with Gasteiger partial charge in [0.05, 0.1) is 0 Å². The zero-order chi connectivity index (χ0) is 16.2. The lowest BCUT2D eigenvalue weighted by Crippen LogP contribution is -2.28. The van der Waals surface area contributed by atoms with Gasteiger partial charge in [-0.15, -0.1) is 22.9 Å². The van der Waals surface area contributed by atoms with Crippen LogP contribution in [0.2, 0.25) is 0 Å². The molecule has 0 aliphatic heterocycles. The molecule has 0 fully saturated rings. The minimum Gasteiger partial charge on any atom is -0.379 e. The van der Waals surface area contributed by atoms with E-state index in [0.717, 1.165) is 15.8 Å². The number of alkyl halides is 1. The number of hydrogen-bond donors (Lipinski definition) is 2. The zero-order valence-electron chi connectivity index (χ0n) is 12.1. The summed E-state index contributed by atoms with van der Waals surface area (Å²) in [5.41, 5.74) is 0.115. The average Bonchev–Trinajstić information content (AvgIpc) is 3.04. The summed E-state index contributed by atoms with van der Waals surface area (Å²) >= 11 is 10.5. The van der Waals surface area contributed by atoms with Gasteiger partial charge in [0.25, 0.3) is 0 Å². The molecule has 0 saturated heterocycles. The van der Waals surface area contributed by atoms with Gasteiger partial charge in [-0.3, -0.25) is 4.79 Å². The standard InChI is InChI=1S/C16H17BrClNO2S/c1-2-7-16(21,14-4-3-8-22-14)12-9-11(17)5-6-13(12)19-15(20)10-18/h3-6,8-9,21H,2,7,10H2,1H3,(H,19,20). The Balaban J connectivity index is 2.55. The topological polar surface area (TPSA) is 49.3 Å². The van der Waals surface area contributed by atoms with Crippen LogP contribution in [-0.2, 0) is 10.4 Å². The van der Waals surface area contributed by atoms with Crippen LogP contribution in [0.15, 0.2) is 40.2 Å².